The smallest absolute Gasteiger partial charge is 0.356 e. The van der Waals surface area contributed by atoms with E-state index in [0.717, 1.165) is 11.6 Å². The quantitative estimate of drug-likeness (QED) is 0.785. The molecular weight excluding hydrogens is 276 g/mol. The third-order valence-electron chi connectivity index (χ3n) is 2.80. The maximum atomic E-state index is 11.5. The zero-order valence-corrected chi connectivity index (χ0v) is 12.4. The van der Waals surface area contributed by atoms with Crippen LogP contribution in [0.25, 0.3) is 0 Å². The zero-order chi connectivity index (χ0) is 14.5. The van der Waals surface area contributed by atoms with Gasteiger partial charge in [0, 0.05) is 37.3 Å². The molecule has 6 nitrogen and oxygen atoms in total. The Balaban J connectivity index is 2.09. The number of carbonyl (C=O) groups excluding carboxylic acids is 1. The molecule has 0 fully saturated rings. The van der Waals surface area contributed by atoms with Gasteiger partial charge in [-0.2, -0.15) is 0 Å². The van der Waals surface area contributed by atoms with Gasteiger partial charge in [0.25, 0.3) is 0 Å². The van der Waals surface area contributed by atoms with Crippen molar-refractivity contribution in [2.75, 3.05) is 25.6 Å². The van der Waals surface area contributed by atoms with Gasteiger partial charge in [0.05, 0.1) is 12.1 Å². The van der Waals surface area contributed by atoms with Crippen molar-refractivity contribution in [3.63, 3.8) is 0 Å². The second kappa shape index (κ2) is 6.42. The van der Waals surface area contributed by atoms with E-state index in [2.05, 4.69) is 26.6 Å². The average Bonchev–Trinajstić information content (AvgIpc) is 3.00. The molecule has 0 N–H and O–H groups in total. The summed E-state index contributed by atoms with van der Waals surface area (Å²) in [5.74, 6) is 0.303. The molecule has 0 saturated carbocycles. The molecule has 2 rings (SSSR count). The third-order valence-corrected chi connectivity index (χ3v) is 3.81. The molecule has 0 radical (unpaired) electrons. The summed E-state index contributed by atoms with van der Waals surface area (Å²) in [5.41, 5.74) is 0.256. The summed E-state index contributed by atoms with van der Waals surface area (Å²) in [4.78, 5) is 26.0. The molecule has 0 bridgehead atoms. The van der Waals surface area contributed by atoms with Crippen LogP contribution in [0.1, 0.15) is 28.3 Å². The number of methoxy groups -OCH3 is 1. The highest BCUT2D eigenvalue weighted by Crippen LogP contribution is 2.19. The predicted octanol–water partition coefficient (Wildman–Crippen LogP) is 1.96. The van der Waals surface area contributed by atoms with Crippen LogP contribution in [0.5, 0.6) is 0 Å². The number of ether oxygens (including phenoxy) is 1. The van der Waals surface area contributed by atoms with E-state index in [1.165, 1.54) is 13.2 Å². The molecule has 0 aromatic carbocycles. The van der Waals surface area contributed by atoms with Crippen LogP contribution in [-0.2, 0) is 4.74 Å². The minimum atomic E-state index is -0.463. The molecule has 0 aliphatic heterocycles. The van der Waals surface area contributed by atoms with E-state index < -0.39 is 5.97 Å². The molecule has 0 spiro atoms. The first-order chi connectivity index (χ1) is 9.61. The van der Waals surface area contributed by atoms with Crippen LogP contribution >= 0.6 is 11.3 Å². The SMILES string of the molecule is COC(=O)c1ccnc(N(C)C[C@H](C)c2nccs2)n1. The fourth-order valence-electron chi connectivity index (χ4n) is 1.80. The van der Waals surface area contributed by atoms with Crippen LogP contribution in [0, 0.1) is 0 Å². The number of hydrogen-bond donors (Lipinski definition) is 0. The molecule has 20 heavy (non-hydrogen) atoms. The van der Waals surface area contributed by atoms with Crippen LogP contribution < -0.4 is 4.90 Å². The van der Waals surface area contributed by atoms with Gasteiger partial charge in [-0.3, -0.25) is 0 Å². The predicted molar refractivity (Wildman–Crippen MR) is 77.2 cm³/mol. The Morgan fingerprint density at radius 1 is 1.45 bits per heavy atom. The lowest BCUT2D eigenvalue weighted by Gasteiger charge is -2.20. The molecule has 0 unspecified atom stereocenters. The highest BCUT2D eigenvalue weighted by Gasteiger charge is 2.15. The van der Waals surface area contributed by atoms with E-state index in [0.29, 0.717) is 5.95 Å². The van der Waals surface area contributed by atoms with Gasteiger partial charge in [0.1, 0.15) is 0 Å². The van der Waals surface area contributed by atoms with E-state index >= 15 is 0 Å². The number of esters is 1. The minimum Gasteiger partial charge on any atom is -0.464 e. The maximum absolute atomic E-state index is 11.5. The fourth-order valence-corrected chi connectivity index (χ4v) is 2.49. The summed E-state index contributed by atoms with van der Waals surface area (Å²) in [5, 5.41) is 3.03. The Morgan fingerprint density at radius 2 is 2.25 bits per heavy atom. The Labute approximate surface area is 121 Å². The summed E-state index contributed by atoms with van der Waals surface area (Å²) in [7, 11) is 3.22. The molecule has 2 aromatic heterocycles. The van der Waals surface area contributed by atoms with Crippen LogP contribution in [0.3, 0.4) is 0 Å². The summed E-state index contributed by atoms with van der Waals surface area (Å²) < 4.78 is 4.65. The highest BCUT2D eigenvalue weighted by molar-refractivity contribution is 7.09. The molecule has 2 heterocycles. The number of thiazole rings is 1. The van der Waals surface area contributed by atoms with Crippen molar-refractivity contribution in [3.8, 4) is 0 Å². The number of nitrogens with zero attached hydrogens (tertiary/aromatic N) is 4. The minimum absolute atomic E-state index is 0.256. The van der Waals surface area contributed by atoms with Crippen LogP contribution in [0.2, 0.25) is 0 Å². The maximum Gasteiger partial charge on any atom is 0.356 e. The molecule has 0 aliphatic carbocycles. The Bertz CT molecular complexity index is 574. The molecular formula is C13H16N4O2S. The van der Waals surface area contributed by atoms with Crippen molar-refractivity contribution < 1.29 is 9.53 Å². The monoisotopic (exact) mass is 292 g/mol. The van der Waals surface area contributed by atoms with Gasteiger partial charge in [-0.1, -0.05) is 6.92 Å². The second-order valence-electron chi connectivity index (χ2n) is 4.39. The first-order valence-corrected chi connectivity index (χ1v) is 7.01. The van der Waals surface area contributed by atoms with E-state index in [4.69, 9.17) is 0 Å². The van der Waals surface area contributed by atoms with Gasteiger partial charge in [0.2, 0.25) is 5.95 Å². The molecule has 0 amide bonds. The Morgan fingerprint density at radius 3 is 2.90 bits per heavy atom. The van der Waals surface area contributed by atoms with Crippen molar-refractivity contribution >= 4 is 23.3 Å². The molecule has 7 heteroatoms. The van der Waals surface area contributed by atoms with Gasteiger partial charge < -0.3 is 9.64 Å². The summed E-state index contributed by atoms with van der Waals surface area (Å²) >= 11 is 1.63. The van der Waals surface area contributed by atoms with Crippen LogP contribution in [0.4, 0.5) is 5.95 Å². The highest BCUT2D eigenvalue weighted by atomic mass is 32.1. The standard InChI is InChI=1S/C13H16N4O2S/c1-9(11-14-6-7-20-11)8-17(2)13-15-5-4-10(16-13)12(18)19-3/h4-7,9H,8H2,1-3H3/t9-/m0/s1. The lowest BCUT2D eigenvalue weighted by atomic mass is 10.2. The lowest BCUT2D eigenvalue weighted by Crippen LogP contribution is -2.25. The summed E-state index contributed by atoms with van der Waals surface area (Å²) in [6.07, 6.45) is 3.35. The number of anilines is 1. The molecule has 1 atom stereocenters. The van der Waals surface area contributed by atoms with Crippen molar-refractivity contribution in [2.24, 2.45) is 0 Å². The van der Waals surface area contributed by atoms with Gasteiger partial charge in [0.15, 0.2) is 5.69 Å². The molecule has 106 valence electrons. The summed E-state index contributed by atoms with van der Waals surface area (Å²) in [6.45, 7) is 2.82. The summed E-state index contributed by atoms with van der Waals surface area (Å²) in [6, 6.07) is 1.54. The largest absolute Gasteiger partial charge is 0.464 e. The Hall–Kier alpha value is -2.02. The van der Waals surface area contributed by atoms with Gasteiger partial charge >= 0.3 is 5.97 Å². The van der Waals surface area contributed by atoms with E-state index in [1.807, 2.05) is 17.3 Å². The van der Waals surface area contributed by atoms with Crippen LogP contribution in [-0.4, -0.2) is 41.6 Å². The number of hydrogen-bond acceptors (Lipinski definition) is 7. The lowest BCUT2D eigenvalue weighted by molar-refractivity contribution is 0.0594. The van der Waals surface area contributed by atoms with Crippen LogP contribution in [0.15, 0.2) is 23.8 Å². The molecule has 0 aliphatic rings. The number of aromatic nitrogens is 3. The van der Waals surface area contributed by atoms with E-state index in [9.17, 15) is 4.79 Å². The van der Waals surface area contributed by atoms with Gasteiger partial charge in [-0.05, 0) is 6.07 Å². The van der Waals surface area contributed by atoms with Crippen molar-refractivity contribution in [3.05, 3.63) is 34.5 Å². The number of carbonyl (C=O) groups is 1. The van der Waals surface area contributed by atoms with E-state index in [1.54, 1.807) is 23.7 Å². The number of rotatable bonds is 5. The van der Waals surface area contributed by atoms with Gasteiger partial charge in [-0.15, -0.1) is 11.3 Å². The normalized spacial score (nSPS) is 11.9. The second-order valence-corrected chi connectivity index (χ2v) is 5.31. The zero-order valence-electron chi connectivity index (χ0n) is 11.6. The first-order valence-electron chi connectivity index (χ1n) is 6.13. The van der Waals surface area contributed by atoms with Crippen molar-refractivity contribution in [2.45, 2.75) is 12.8 Å². The van der Waals surface area contributed by atoms with E-state index in [-0.39, 0.29) is 11.6 Å². The van der Waals surface area contributed by atoms with Crippen molar-refractivity contribution in [1.29, 1.82) is 0 Å². The fraction of sp³-hybridized carbons (Fsp3) is 0.385. The topological polar surface area (TPSA) is 68.2 Å². The third kappa shape index (κ3) is 3.30. The van der Waals surface area contributed by atoms with Crippen molar-refractivity contribution in [1.82, 2.24) is 15.0 Å². The Kier molecular flexibility index (Phi) is 4.62. The average molecular weight is 292 g/mol. The first kappa shape index (κ1) is 14.4. The molecule has 0 saturated heterocycles. The number of likely N-dealkylation sites (N-methyl/N-ethyl adjacent to an activating group) is 1. The molecule has 2 aromatic rings. The van der Waals surface area contributed by atoms with Gasteiger partial charge in [-0.25, -0.2) is 19.7 Å².